The van der Waals surface area contributed by atoms with Gasteiger partial charge in [0.2, 0.25) is 0 Å². The molecular formula is C25H26IN3O2. The maximum absolute atomic E-state index is 11.1. The van der Waals surface area contributed by atoms with E-state index in [0.29, 0.717) is 0 Å². The zero-order valence-electron chi connectivity index (χ0n) is 18.2. The first kappa shape index (κ1) is 22.8. The molecule has 0 radical (unpaired) electrons. The fraction of sp³-hybridized carbons (Fsp3) is 0.200. The Morgan fingerprint density at radius 1 is 0.871 bits per heavy atom. The lowest BCUT2D eigenvalue weighted by atomic mass is 9.97. The van der Waals surface area contributed by atoms with Crippen molar-refractivity contribution in [3.8, 4) is 0 Å². The monoisotopic (exact) mass is 527 g/mol. The molecule has 0 aliphatic heterocycles. The normalized spacial score (nSPS) is 11.0. The van der Waals surface area contributed by atoms with Gasteiger partial charge in [-0.2, -0.15) is 0 Å². The van der Waals surface area contributed by atoms with Crippen molar-refractivity contribution in [1.82, 2.24) is 0 Å². The van der Waals surface area contributed by atoms with Gasteiger partial charge in [-0.1, -0.05) is 36.4 Å². The number of nitro groups is 1. The van der Waals surface area contributed by atoms with Gasteiger partial charge in [-0.05, 0) is 75.5 Å². The van der Waals surface area contributed by atoms with Crippen molar-refractivity contribution in [2.45, 2.75) is 6.42 Å². The number of rotatable bonds is 7. The van der Waals surface area contributed by atoms with E-state index in [4.69, 9.17) is 0 Å². The molecule has 0 aromatic heterocycles. The third kappa shape index (κ3) is 5.85. The standard InChI is InChI=1S/C25H26IN3O2/c1-27(2)22-12-10-19(15-21-11-13-23(28(3)4)17-25(21)26)20(16-22)9-8-18-6-5-7-24(14-18)29(30)31/h5-14,16-17H,15H2,1-4H3/b9-8+. The van der Waals surface area contributed by atoms with Crippen molar-refractivity contribution in [2.24, 2.45) is 0 Å². The number of nitrogens with zero attached hydrogens (tertiary/aromatic N) is 3. The summed E-state index contributed by atoms with van der Waals surface area (Å²) in [6, 6.07) is 19.7. The van der Waals surface area contributed by atoms with Gasteiger partial charge in [-0.15, -0.1) is 0 Å². The van der Waals surface area contributed by atoms with Crippen LogP contribution < -0.4 is 9.80 Å². The molecule has 0 fully saturated rings. The Hall–Kier alpha value is -2.87. The van der Waals surface area contributed by atoms with Gasteiger partial charge >= 0.3 is 0 Å². The molecule has 0 N–H and O–H groups in total. The smallest absolute Gasteiger partial charge is 0.270 e. The summed E-state index contributed by atoms with van der Waals surface area (Å²) < 4.78 is 1.23. The molecule has 5 nitrogen and oxygen atoms in total. The van der Waals surface area contributed by atoms with Crippen LogP contribution in [0.4, 0.5) is 17.1 Å². The first-order chi connectivity index (χ1) is 14.7. The molecule has 0 amide bonds. The number of nitro benzene ring substituents is 1. The van der Waals surface area contributed by atoms with Gasteiger partial charge in [-0.3, -0.25) is 10.1 Å². The molecule has 0 heterocycles. The second-order valence-electron chi connectivity index (χ2n) is 7.81. The van der Waals surface area contributed by atoms with E-state index >= 15 is 0 Å². The molecule has 0 aliphatic rings. The Balaban J connectivity index is 1.96. The highest BCUT2D eigenvalue weighted by Gasteiger charge is 2.09. The SMILES string of the molecule is CN(C)c1ccc(Cc2ccc(N(C)C)cc2/C=C/c2cccc([N+](=O)[O-])c2)c(I)c1. The lowest BCUT2D eigenvalue weighted by Crippen LogP contribution is -2.10. The summed E-state index contributed by atoms with van der Waals surface area (Å²) in [6.45, 7) is 0. The molecule has 0 spiro atoms. The average molecular weight is 527 g/mol. The molecule has 6 heteroatoms. The Morgan fingerprint density at radius 3 is 2.13 bits per heavy atom. The summed E-state index contributed by atoms with van der Waals surface area (Å²) >= 11 is 2.40. The van der Waals surface area contributed by atoms with Crippen LogP contribution in [0.2, 0.25) is 0 Å². The summed E-state index contributed by atoms with van der Waals surface area (Å²) in [6.07, 6.45) is 4.79. The van der Waals surface area contributed by atoms with Crippen molar-refractivity contribution in [1.29, 1.82) is 0 Å². The van der Waals surface area contributed by atoms with E-state index in [1.807, 2.05) is 46.4 Å². The molecule has 0 atom stereocenters. The van der Waals surface area contributed by atoms with E-state index in [1.165, 1.54) is 26.5 Å². The zero-order valence-corrected chi connectivity index (χ0v) is 20.3. The fourth-order valence-corrected chi connectivity index (χ4v) is 3.96. The minimum atomic E-state index is -0.366. The second kappa shape index (κ2) is 9.96. The summed E-state index contributed by atoms with van der Waals surface area (Å²) in [4.78, 5) is 14.9. The summed E-state index contributed by atoms with van der Waals surface area (Å²) in [5.74, 6) is 0. The highest BCUT2D eigenvalue weighted by atomic mass is 127. The maximum Gasteiger partial charge on any atom is 0.270 e. The number of halogens is 1. The third-order valence-corrected chi connectivity index (χ3v) is 6.12. The fourth-order valence-electron chi connectivity index (χ4n) is 3.27. The van der Waals surface area contributed by atoms with E-state index in [9.17, 15) is 10.1 Å². The van der Waals surface area contributed by atoms with Crippen LogP contribution in [0.3, 0.4) is 0 Å². The largest absolute Gasteiger partial charge is 0.378 e. The maximum atomic E-state index is 11.1. The summed E-state index contributed by atoms with van der Waals surface area (Å²) in [5.41, 5.74) is 6.78. The number of hydrogen-bond donors (Lipinski definition) is 0. The molecule has 31 heavy (non-hydrogen) atoms. The van der Waals surface area contributed by atoms with E-state index in [1.54, 1.807) is 12.1 Å². The van der Waals surface area contributed by atoms with Gasteiger partial charge in [0.25, 0.3) is 5.69 Å². The Kier molecular flexibility index (Phi) is 7.33. The molecule has 0 saturated carbocycles. The lowest BCUT2D eigenvalue weighted by molar-refractivity contribution is -0.384. The lowest BCUT2D eigenvalue weighted by Gasteiger charge is -2.17. The molecule has 0 aliphatic carbocycles. The van der Waals surface area contributed by atoms with Crippen molar-refractivity contribution in [3.63, 3.8) is 0 Å². The molecule has 0 unspecified atom stereocenters. The average Bonchev–Trinajstić information content (AvgIpc) is 2.74. The number of anilines is 2. The molecule has 3 rings (SSSR count). The predicted octanol–water partition coefficient (Wildman–Crippen LogP) is 6.09. The third-order valence-electron chi connectivity index (χ3n) is 5.12. The van der Waals surface area contributed by atoms with Crippen LogP contribution in [0.25, 0.3) is 12.2 Å². The first-order valence-electron chi connectivity index (χ1n) is 9.93. The van der Waals surface area contributed by atoms with Crippen LogP contribution in [0.15, 0.2) is 60.7 Å². The molecule has 3 aromatic carbocycles. The summed E-state index contributed by atoms with van der Waals surface area (Å²) in [5, 5.41) is 11.1. The highest BCUT2D eigenvalue weighted by molar-refractivity contribution is 14.1. The van der Waals surface area contributed by atoms with E-state index < -0.39 is 0 Å². The van der Waals surface area contributed by atoms with Crippen molar-refractivity contribution >= 4 is 51.8 Å². The Morgan fingerprint density at radius 2 is 1.52 bits per heavy atom. The summed E-state index contributed by atoms with van der Waals surface area (Å²) in [7, 11) is 8.13. The second-order valence-corrected chi connectivity index (χ2v) is 8.97. The zero-order chi connectivity index (χ0) is 22.5. The topological polar surface area (TPSA) is 49.6 Å². The van der Waals surface area contributed by atoms with Crippen molar-refractivity contribution in [3.05, 3.63) is 96.6 Å². The van der Waals surface area contributed by atoms with Gasteiger partial charge in [0.05, 0.1) is 4.92 Å². The molecule has 0 bridgehead atoms. The number of benzene rings is 3. The van der Waals surface area contributed by atoms with E-state index in [2.05, 4.69) is 68.8 Å². The molecule has 0 saturated heterocycles. The van der Waals surface area contributed by atoms with Crippen LogP contribution in [-0.4, -0.2) is 33.1 Å². The van der Waals surface area contributed by atoms with Crippen LogP contribution in [-0.2, 0) is 6.42 Å². The van der Waals surface area contributed by atoms with Gasteiger partial charge in [0.1, 0.15) is 0 Å². The van der Waals surface area contributed by atoms with E-state index in [0.717, 1.165) is 23.2 Å². The van der Waals surface area contributed by atoms with Gasteiger partial charge < -0.3 is 9.80 Å². The first-order valence-corrected chi connectivity index (χ1v) is 11.0. The van der Waals surface area contributed by atoms with Crippen molar-refractivity contribution in [2.75, 3.05) is 38.0 Å². The van der Waals surface area contributed by atoms with E-state index in [-0.39, 0.29) is 10.6 Å². The molecule has 3 aromatic rings. The Bertz CT molecular complexity index is 1120. The number of non-ortho nitro benzene ring substituents is 1. The van der Waals surface area contributed by atoms with Gasteiger partial charge in [0.15, 0.2) is 0 Å². The highest BCUT2D eigenvalue weighted by Crippen LogP contribution is 2.27. The minimum absolute atomic E-state index is 0.0972. The van der Waals surface area contributed by atoms with Crippen LogP contribution in [0.5, 0.6) is 0 Å². The quantitative estimate of drug-likeness (QED) is 0.162. The predicted molar refractivity (Wildman–Crippen MR) is 139 cm³/mol. The van der Waals surface area contributed by atoms with Crippen LogP contribution in [0.1, 0.15) is 22.3 Å². The van der Waals surface area contributed by atoms with Gasteiger partial charge in [-0.25, -0.2) is 0 Å². The Labute approximate surface area is 197 Å². The number of hydrogen-bond acceptors (Lipinski definition) is 4. The van der Waals surface area contributed by atoms with Gasteiger partial charge in [0, 0.05) is 55.3 Å². The molecule has 160 valence electrons. The molecular weight excluding hydrogens is 501 g/mol. The van der Waals surface area contributed by atoms with Crippen LogP contribution in [0, 0.1) is 13.7 Å². The van der Waals surface area contributed by atoms with Crippen LogP contribution >= 0.6 is 22.6 Å². The minimum Gasteiger partial charge on any atom is -0.378 e. The van der Waals surface area contributed by atoms with Crippen molar-refractivity contribution < 1.29 is 4.92 Å².